The Bertz CT molecular complexity index is 514. The Morgan fingerprint density at radius 1 is 1.30 bits per heavy atom. The lowest BCUT2D eigenvalue weighted by atomic mass is 9.85. The van der Waals surface area contributed by atoms with Crippen molar-refractivity contribution in [2.24, 2.45) is 10.9 Å². The Hall–Kier alpha value is -1.57. The summed E-state index contributed by atoms with van der Waals surface area (Å²) in [5.74, 6) is 1.77. The molecule has 0 aromatic heterocycles. The van der Waals surface area contributed by atoms with Crippen LogP contribution in [0.4, 0.5) is 0 Å². The number of hydrogen-bond acceptors (Lipinski definition) is 2. The summed E-state index contributed by atoms with van der Waals surface area (Å²) in [5, 5.41) is 0. The molecule has 0 bridgehead atoms. The molecule has 1 aromatic rings. The van der Waals surface area contributed by atoms with E-state index in [2.05, 4.69) is 43.8 Å². The van der Waals surface area contributed by atoms with E-state index < -0.39 is 0 Å². The molecule has 0 saturated heterocycles. The fourth-order valence-electron chi connectivity index (χ4n) is 3.48. The number of rotatable bonds is 8. The molecule has 1 aromatic carbocycles. The first-order chi connectivity index (χ1) is 11.2. The third kappa shape index (κ3) is 5.53. The summed E-state index contributed by atoms with van der Waals surface area (Å²) >= 11 is 0. The van der Waals surface area contributed by atoms with E-state index in [1.807, 2.05) is 12.1 Å². The molecule has 2 heteroatoms. The van der Waals surface area contributed by atoms with Crippen LogP contribution >= 0.6 is 0 Å². The summed E-state index contributed by atoms with van der Waals surface area (Å²) in [4.78, 5) is 4.21. The van der Waals surface area contributed by atoms with Gasteiger partial charge in [-0.2, -0.15) is 0 Å². The van der Waals surface area contributed by atoms with Gasteiger partial charge in [-0.05, 0) is 44.5 Å². The Kier molecular flexibility index (Phi) is 7.38. The molecule has 2 rings (SSSR count). The standard InChI is InChI=1S/C21H31NO/c1-4-5-14-20(22-3)19-13-9-10-15-21(19)23-17(2)16-18-11-7-6-8-12-18/h9-10,13-15,17-18H,3-8,11-12,16H2,1-2H3. The van der Waals surface area contributed by atoms with Crippen molar-refractivity contribution in [2.45, 2.75) is 71.3 Å². The van der Waals surface area contributed by atoms with Gasteiger partial charge in [0.1, 0.15) is 5.75 Å². The molecule has 0 heterocycles. The molecule has 1 aliphatic rings. The molecule has 1 unspecified atom stereocenters. The summed E-state index contributed by atoms with van der Waals surface area (Å²) in [7, 11) is 0. The van der Waals surface area contributed by atoms with Crippen LogP contribution < -0.4 is 4.74 Å². The summed E-state index contributed by atoms with van der Waals surface area (Å²) < 4.78 is 6.28. The molecule has 0 radical (unpaired) electrons. The monoisotopic (exact) mass is 313 g/mol. The highest BCUT2D eigenvalue weighted by molar-refractivity contribution is 5.72. The van der Waals surface area contributed by atoms with E-state index in [0.717, 1.165) is 42.2 Å². The fraction of sp³-hybridized carbons (Fsp3) is 0.571. The normalized spacial score (nSPS) is 17.7. The van der Waals surface area contributed by atoms with E-state index in [4.69, 9.17) is 4.74 Å². The van der Waals surface area contributed by atoms with Gasteiger partial charge in [-0.1, -0.05) is 63.7 Å². The second-order valence-corrected chi connectivity index (χ2v) is 6.70. The van der Waals surface area contributed by atoms with E-state index in [9.17, 15) is 0 Å². The maximum Gasteiger partial charge on any atom is 0.129 e. The predicted octanol–water partition coefficient (Wildman–Crippen LogP) is 6.27. The number of allylic oxidation sites excluding steroid dienone is 1. The van der Waals surface area contributed by atoms with Gasteiger partial charge in [-0.15, -0.1) is 0 Å². The Morgan fingerprint density at radius 3 is 2.74 bits per heavy atom. The lowest BCUT2D eigenvalue weighted by Gasteiger charge is -2.25. The van der Waals surface area contributed by atoms with Gasteiger partial charge >= 0.3 is 0 Å². The van der Waals surface area contributed by atoms with E-state index in [0.29, 0.717) is 0 Å². The average Bonchev–Trinajstić information content (AvgIpc) is 2.57. The van der Waals surface area contributed by atoms with Crippen LogP contribution in [0.5, 0.6) is 5.75 Å². The maximum atomic E-state index is 6.28. The smallest absolute Gasteiger partial charge is 0.129 e. The molecule has 0 amide bonds. The van der Waals surface area contributed by atoms with Crippen molar-refractivity contribution in [3.05, 3.63) is 35.9 Å². The van der Waals surface area contributed by atoms with Crippen molar-refractivity contribution in [3.8, 4) is 5.75 Å². The molecule has 1 saturated carbocycles. The third-order valence-electron chi connectivity index (χ3n) is 4.68. The van der Waals surface area contributed by atoms with Crippen LogP contribution in [0.3, 0.4) is 0 Å². The van der Waals surface area contributed by atoms with Gasteiger partial charge in [0.05, 0.1) is 11.8 Å². The molecule has 1 fully saturated rings. The highest BCUT2D eigenvalue weighted by Gasteiger charge is 2.18. The van der Waals surface area contributed by atoms with Crippen molar-refractivity contribution in [3.63, 3.8) is 0 Å². The molecular weight excluding hydrogens is 282 g/mol. The first-order valence-electron chi connectivity index (χ1n) is 9.17. The van der Waals surface area contributed by atoms with Gasteiger partial charge in [0.15, 0.2) is 0 Å². The summed E-state index contributed by atoms with van der Waals surface area (Å²) in [5.41, 5.74) is 2.00. The zero-order valence-electron chi connectivity index (χ0n) is 14.8. The number of para-hydroxylation sites is 1. The van der Waals surface area contributed by atoms with Crippen molar-refractivity contribution in [2.75, 3.05) is 0 Å². The van der Waals surface area contributed by atoms with Gasteiger partial charge in [0.2, 0.25) is 0 Å². The van der Waals surface area contributed by atoms with Gasteiger partial charge in [-0.3, -0.25) is 4.99 Å². The number of benzene rings is 1. The quantitative estimate of drug-likeness (QED) is 0.519. The van der Waals surface area contributed by atoms with E-state index >= 15 is 0 Å². The van der Waals surface area contributed by atoms with E-state index in [1.54, 1.807) is 0 Å². The van der Waals surface area contributed by atoms with Gasteiger partial charge in [0.25, 0.3) is 0 Å². The van der Waals surface area contributed by atoms with Crippen LogP contribution in [-0.4, -0.2) is 12.8 Å². The number of ether oxygens (including phenoxy) is 1. The summed E-state index contributed by atoms with van der Waals surface area (Å²) in [6, 6.07) is 8.21. The highest BCUT2D eigenvalue weighted by Crippen LogP contribution is 2.31. The van der Waals surface area contributed by atoms with Crippen LogP contribution in [0.25, 0.3) is 5.70 Å². The SMILES string of the molecule is C=NC(=CCCC)c1ccccc1OC(C)CC1CCCCC1. The minimum atomic E-state index is 0.247. The van der Waals surface area contributed by atoms with Crippen LogP contribution in [-0.2, 0) is 0 Å². The molecular formula is C21H31NO. The minimum Gasteiger partial charge on any atom is -0.490 e. The Balaban J connectivity index is 2.05. The number of aliphatic imine (C=N–C) groups is 1. The van der Waals surface area contributed by atoms with Crippen LogP contribution in [0.15, 0.2) is 35.3 Å². The van der Waals surface area contributed by atoms with E-state index in [-0.39, 0.29) is 6.10 Å². The predicted molar refractivity (Wildman–Crippen MR) is 100 cm³/mol. The third-order valence-corrected chi connectivity index (χ3v) is 4.68. The first kappa shape index (κ1) is 17.8. The summed E-state index contributed by atoms with van der Waals surface area (Å²) in [6.45, 7) is 8.10. The van der Waals surface area contributed by atoms with Crippen LogP contribution in [0.1, 0.15) is 70.8 Å². The van der Waals surface area contributed by atoms with Crippen molar-refractivity contribution in [1.82, 2.24) is 0 Å². The first-order valence-corrected chi connectivity index (χ1v) is 9.17. The van der Waals surface area contributed by atoms with Crippen molar-refractivity contribution >= 4 is 12.4 Å². The zero-order chi connectivity index (χ0) is 16.5. The number of unbranched alkanes of at least 4 members (excludes halogenated alkanes) is 1. The molecule has 1 atom stereocenters. The molecule has 0 aliphatic heterocycles. The topological polar surface area (TPSA) is 21.6 Å². The number of hydrogen-bond donors (Lipinski definition) is 0. The molecule has 23 heavy (non-hydrogen) atoms. The maximum absolute atomic E-state index is 6.28. The van der Waals surface area contributed by atoms with E-state index in [1.165, 1.54) is 32.1 Å². The molecule has 2 nitrogen and oxygen atoms in total. The van der Waals surface area contributed by atoms with Gasteiger partial charge in [-0.25, -0.2) is 0 Å². The van der Waals surface area contributed by atoms with Crippen molar-refractivity contribution < 1.29 is 4.74 Å². The average molecular weight is 313 g/mol. The largest absolute Gasteiger partial charge is 0.490 e. The lowest BCUT2D eigenvalue weighted by molar-refractivity contribution is 0.168. The van der Waals surface area contributed by atoms with Crippen LogP contribution in [0.2, 0.25) is 0 Å². The van der Waals surface area contributed by atoms with Crippen LogP contribution in [0, 0.1) is 5.92 Å². The molecule has 0 N–H and O–H groups in total. The van der Waals surface area contributed by atoms with Gasteiger partial charge < -0.3 is 4.74 Å². The van der Waals surface area contributed by atoms with Crippen molar-refractivity contribution in [1.29, 1.82) is 0 Å². The molecule has 1 aliphatic carbocycles. The Labute approximate surface area is 141 Å². The molecule has 126 valence electrons. The fourth-order valence-corrected chi connectivity index (χ4v) is 3.48. The number of nitrogens with zero attached hydrogens (tertiary/aromatic N) is 1. The Morgan fingerprint density at radius 2 is 2.04 bits per heavy atom. The zero-order valence-corrected chi connectivity index (χ0v) is 14.8. The lowest BCUT2D eigenvalue weighted by Crippen LogP contribution is -2.19. The minimum absolute atomic E-state index is 0.247. The highest BCUT2D eigenvalue weighted by atomic mass is 16.5. The second-order valence-electron chi connectivity index (χ2n) is 6.70. The molecule has 0 spiro atoms. The second kappa shape index (κ2) is 9.54. The van der Waals surface area contributed by atoms with Gasteiger partial charge in [0, 0.05) is 5.56 Å². The summed E-state index contributed by atoms with van der Waals surface area (Å²) in [6.07, 6.45) is 12.6.